The molecule has 0 spiro atoms. The van der Waals surface area contributed by atoms with Gasteiger partial charge in [0, 0.05) is 17.6 Å². The van der Waals surface area contributed by atoms with Crippen molar-refractivity contribution in [1.82, 2.24) is 4.31 Å². The molecule has 1 atom stereocenters. The first-order valence-corrected chi connectivity index (χ1v) is 12.1. The van der Waals surface area contributed by atoms with Gasteiger partial charge in [0.05, 0.1) is 16.4 Å². The third kappa shape index (κ3) is 4.24. The largest absolute Gasteiger partial charge is 0.369 e. The number of benzene rings is 2. The number of hydrogen-bond acceptors (Lipinski definition) is 6. The number of aliphatic imine (C=N–C) groups is 1. The molecule has 0 unspecified atom stereocenters. The number of nitrogens with two attached hydrogens (primary N) is 1. The summed E-state index contributed by atoms with van der Waals surface area (Å²) >= 11 is 5.79. The minimum atomic E-state index is -3.80. The van der Waals surface area contributed by atoms with Gasteiger partial charge in [0.1, 0.15) is 11.4 Å². The van der Waals surface area contributed by atoms with Gasteiger partial charge in [0.25, 0.3) is 0 Å². The molecule has 2 N–H and O–H groups in total. The molecule has 0 radical (unpaired) electrons. The van der Waals surface area contributed by atoms with E-state index < -0.39 is 42.7 Å². The van der Waals surface area contributed by atoms with Gasteiger partial charge in [-0.3, -0.25) is 0 Å². The second kappa shape index (κ2) is 7.26. The molecule has 7 nitrogen and oxygen atoms in total. The Bertz CT molecular complexity index is 1200. The number of sulfonamides is 1. The summed E-state index contributed by atoms with van der Waals surface area (Å²) in [5.41, 5.74) is 4.48. The van der Waals surface area contributed by atoms with Crippen molar-refractivity contribution in [3.05, 3.63) is 64.4 Å². The molecular weight excluding hydrogens is 441 g/mol. The van der Waals surface area contributed by atoms with Gasteiger partial charge in [-0.2, -0.15) is 0 Å². The van der Waals surface area contributed by atoms with Crippen LogP contribution in [-0.2, 0) is 31.2 Å². The van der Waals surface area contributed by atoms with Crippen LogP contribution >= 0.6 is 11.6 Å². The molecule has 11 heteroatoms. The predicted octanol–water partition coefficient (Wildman–Crippen LogP) is 2.26. The normalized spacial score (nSPS) is 21.7. The molecule has 3 rings (SSSR count). The van der Waals surface area contributed by atoms with Crippen LogP contribution in [0.4, 0.5) is 4.39 Å². The average Bonchev–Trinajstić information content (AvgIpc) is 2.61. The van der Waals surface area contributed by atoms with Crippen molar-refractivity contribution >= 4 is 37.4 Å². The maximum absolute atomic E-state index is 14.6. The highest BCUT2D eigenvalue weighted by Crippen LogP contribution is 2.34. The van der Waals surface area contributed by atoms with Crippen LogP contribution in [0.3, 0.4) is 0 Å². The Morgan fingerprint density at radius 3 is 2.45 bits per heavy atom. The third-order valence-corrected chi connectivity index (χ3v) is 8.61. The molecule has 0 saturated heterocycles. The molecule has 1 aliphatic heterocycles. The first-order valence-electron chi connectivity index (χ1n) is 8.43. The molecule has 0 amide bonds. The van der Waals surface area contributed by atoms with E-state index in [1.54, 1.807) is 0 Å². The number of sulfone groups is 1. The van der Waals surface area contributed by atoms with Gasteiger partial charge in [-0.25, -0.2) is 30.5 Å². The highest BCUT2D eigenvalue weighted by Gasteiger charge is 2.41. The van der Waals surface area contributed by atoms with Gasteiger partial charge in [-0.1, -0.05) is 17.7 Å². The molecule has 1 aliphatic rings. The first kappa shape index (κ1) is 21.5. The summed E-state index contributed by atoms with van der Waals surface area (Å²) in [4.78, 5) is 4.24. The first-order chi connectivity index (χ1) is 13.3. The average molecular weight is 460 g/mol. The molecule has 2 aromatic carbocycles. The maximum Gasteiger partial charge on any atom is 0.239 e. The van der Waals surface area contributed by atoms with Crippen LogP contribution in [0.25, 0.3) is 0 Å². The van der Waals surface area contributed by atoms with Crippen molar-refractivity contribution in [2.45, 2.75) is 23.1 Å². The van der Waals surface area contributed by atoms with Crippen molar-refractivity contribution in [2.75, 3.05) is 12.8 Å². The van der Waals surface area contributed by atoms with Crippen molar-refractivity contribution in [3.8, 4) is 0 Å². The molecule has 1 heterocycles. The van der Waals surface area contributed by atoms with E-state index in [2.05, 4.69) is 4.99 Å². The fourth-order valence-electron chi connectivity index (χ4n) is 3.11. The van der Waals surface area contributed by atoms with Crippen LogP contribution in [0, 0.1) is 5.82 Å². The zero-order chi connectivity index (χ0) is 21.6. The van der Waals surface area contributed by atoms with E-state index in [1.165, 1.54) is 50.4 Å². The van der Waals surface area contributed by atoms with E-state index in [0.29, 0.717) is 10.6 Å². The summed E-state index contributed by atoms with van der Waals surface area (Å²) in [7, 11) is -6.26. The minimum Gasteiger partial charge on any atom is -0.369 e. The van der Waals surface area contributed by atoms with Gasteiger partial charge in [0.15, 0.2) is 9.84 Å². The Balaban J connectivity index is 2.02. The SMILES string of the molecule is CN1C(N)=N[C@](C)(c2cc(CS(=O)(=O)c3ccc(Cl)cc3)ccc2F)CS1(=O)=O. The Morgan fingerprint density at radius 1 is 1.24 bits per heavy atom. The van der Waals surface area contributed by atoms with Gasteiger partial charge >= 0.3 is 0 Å². The van der Waals surface area contributed by atoms with Gasteiger partial charge in [-0.15, -0.1) is 0 Å². The van der Waals surface area contributed by atoms with E-state index in [-0.39, 0.29) is 16.4 Å². The Hall–Kier alpha value is -2.17. The number of rotatable bonds is 4. The monoisotopic (exact) mass is 459 g/mol. The standard InChI is InChI=1S/C18H19ClFN3O4S2/c1-18(11-29(26,27)23(2)17(21)22-18)15-9-12(3-8-16(15)20)10-28(24,25)14-6-4-13(19)5-7-14/h3-9H,10-11H2,1-2H3,(H2,21,22)/t18-/m0/s1. The van der Waals surface area contributed by atoms with Crippen LogP contribution in [0.1, 0.15) is 18.1 Å². The third-order valence-electron chi connectivity index (χ3n) is 4.71. The van der Waals surface area contributed by atoms with Crippen molar-refractivity contribution < 1.29 is 21.2 Å². The van der Waals surface area contributed by atoms with E-state index in [0.717, 1.165) is 10.4 Å². The number of halogens is 2. The number of nitrogens with zero attached hydrogens (tertiary/aromatic N) is 2. The zero-order valence-corrected chi connectivity index (χ0v) is 18.0. The quantitative estimate of drug-likeness (QED) is 0.754. The summed E-state index contributed by atoms with van der Waals surface area (Å²) in [6, 6.07) is 9.46. The second-order valence-electron chi connectivity index (χ2n) is 6.99. The van der Waals surface area contributed by atoms with Crippen molar-refractivity contribution in [1.29, 1.82) is 0 Å². The summed E-state index contributed by atoms with van der Waals surface area (Å²) < 4.78 is 65.5. The van der Waals surface area contributed by atoms with Gasteiger partial charge in [-0.05, 0) is 48.9 Å². The fraction of sp³-hybridized carbons (Fsp3) is 0.278. The Morgan fingerprint density at radius 2 is 1.86 bits per heavy atom. The molecule has 0 saturated carbocycles. The van der Waals surface area contributed by atoms with Crippen molar-refractivity contribution in [3.63, 3.8) is 0 Å². The number of guanidine groups is 1. The zero-order valence-electron chi connectivity index (χ0n) is 15.6. The van der Waals surface area contributed by atoms with E-state index in [9.17, 15) is 21.2 Å². The topological polar surface area (TPSA) is 110 Å². The lowest BCUT2D eigenvalue weighted by Gasteiger charge is -2.34. The molecule has 156 valence electrons. The van der Waals surface area contributed by atoms with Crippen molar-refractivity contribution in [2.24, 2.45) is 10.7 Å². The second-order valence-corrected chi connectivity index (χ2v) is 11.4. The van der Waals surface area contributed by atoms with Crippen LogP contribution in [0.2, 0.25) is 5.02 Å². The molecule has 0 aromatic heterocycles. The summed E-state index contributed by atoms with van der Waals surface area (Å²) in [5.74, 6) is -1.86. The molecular formula is C18H19ClFN3O4S2. The Labute approximate surface area is 174 Å². The molecule has 0 bridgehead atoms. The summed E-state index contributed by atoms with van der Waals surface area (Å²) in [6.45, 7) is 1.44. The summed E-state index contributed by atoms with van der Waals surface area (Å²) in [6.07, 6.45) is 0. The lowest BCUT2D eigenvalue weighted by atomic mass is 9.93. The highest BCUT2D eigenvalue weighted by molar-refractivity contribution is 7.90. The lowest BCUT2D eigenvalue weighted by molar-refractivity contribution is 0.457. The molecule has 29 heavy (non-hydrogen) atoms. The summed E-state index contributed by atoms with van der Waals surface area (Å²) in [5, 5.41) is 0.403. The van der Waals surface area contributed by atoms with Gasteiger partial charge < -0.3 is 5.73 Å². The molecule has 2 aromatic rings. The lowest BCUT2D eigenvalue weighted by Crippen LogP contribution is -2.50. The van der Waals surface area contributed by atoms with E-state index in [1.807, 2.05) is 0 Å². The van der Waals surface area contributed by atoms with Crippen LogP contribution in [0.15, 0.2) is 52.4 Å². The predicted molar refractivity (Wildman–Crippen MR) is 109 cm³/mol. The van der Waals surface area contributed by atoms with E-state index in [4.69, 9.17) is 17.3 Å². The van der Waals surface area contributed by atoms with Crippen LogP contribution in [-0.4, -0.2) is 39.9 Å². The van der Waals surface area contributed by atoms with E-state index >= 15 is 0 Å². The maximum atomic E-state index is 14.6. The highest BCUT2D eigenvalue weighted by atomic mass is 35.5. The molecule has 0 aliphatic carbocycles. The Kier molecular flexibility index (Phi) is 5.39. The van der Waals surface area contributed by atoms with Crippen LogP contribution < -0.4 is 5.73 Å². The smallest absolute Gasteiger partial charge is 0.239 e. The van der Waals surface area contributed by atoms with Gasteiger partial charge in [0.2, 0.25) is 16.0 Å². The van der Waals surface area contributed by atoms with Crippen LogP contribution in [0.5, 0.6) is 0 Å². The number of hydrogen-bond donors (Lipinski definition) is 1. The molecule has 0 fully saturated rings. The minimum absolute atomic E-state index is 0.0408. The fourth-order valence-corrected chi connectivity index (χ4v) is 6.02.